The fraction of sp³-hybridized carbons (Fsp3) is 0.381. The Labute approximate surface area is 180 Å². The van der Waals surface area contributed by atoms with E-state index in [9.17, 15) is 22.4 Å². The average Bonchev–Trinajstić information content (AvgIpc) is 2.78. The summed E-state index contributed by atoms with van der Waals surface area (Å²) in [7, 11) is -3.83. The van der Waals surface area contributed by atoms with Gasteiger partial charge in [0.05, 0.1) is 10.8 Å². The van der Waals surface area contributed by atoms with Gasteiger partial charge in [0.2, 0.25) is 21.8 Å². The normalized spacial score (nSPS) is 18.2. The molecule has 1 aliphatic heterocycles. The van der Waals surface area contributed by atoms with Gasteiger partial charge in [-0.05, 0) is 55.7 Å². The number of nitrogens with one attached hydrogen (secondary N) is 2. The fourth-order valence-electron chi connectivity index (χ4n) is 3.37. The zero-order valence-corrected chi connectivity index (χ0v) is 17.9. The number of benzene rings is 1. The Kier molecular flexibility index (Phi) is 7.34. The van der Waals surface area contributed by atoms with Crippen LogP contribution < -0.4 is 10.6 Å². The van der Waals surface area contributed by atoms with Crippen LogP contribution in [0.1, 0.15) is 25.3 Å². The van der Waals surface area contributed by atoms with Gasteiger partial charge in [0, 0.05) is 32.0 Å². The van der Waals surface area contributed by atoms with E-state index in [1.54, 1.807) is 25.4 Å². The van der Waals surface area contributed by atoms with E-state index < -0.39 is 27.8 Å². The van der Waals surface area contributed by atoms with Crippen molar-refractivity contribution in [2.75, 3.05) is 13.1 Å². The second-order valence-electron chi connectivity index (χ2n) is 7.47. The number of piperidine rings is 1. The molecule has 0 bridgehead atoms. The molecule has 1 aliphatic rings. The topological polar surface area (TPSA) is 108 Å². The number of aromatic nitrogens is 1. The Morgan fingerprint density at radius 2 is 2.00 bits per heavy atom. The highest BCUT2D eigenvalue weighted by atomic mass is 32.2. The fourth-order valence-corrected chi connectivity index (χ4v) is 4.90. The Bertz CT molecular complexity index is 1020. The summed E-state index contributed by atoms with van der Waals surface area (Å²) in [6.07, 6.45) is 4.31. The summed E-state index contributed by atoms with van der Waals surface area (Å²) in [5.41, 5.74) is 0.836. The van der Waals surface area contributed by atoms with E-state index in [-0.39, 0.29) is 29.8 Å². The summed E-state index contributed by atoms with van der Waals surface area (Å²) < 4.78 is 40.0. The summed E-state index contributed by atoms with van der Waals surface area (Å²) >= 11 is 0. The maximum atomic E-state index is 13.1. The maximum Gasteiger partial charge on any atom is 0.243 e. The van der Waals surface area contributed by atoms with Crippen molar-refractivity contribution in [3.8, 4) is 0 Å². The molecule has 3 rings (SSSR count). The van der Waals surface area contributed by atoms with Crippen molar-refractivity contribution >= 4 is 21.8 Å². The minimum Gasteiger partial charge on any atom is -0.350 e. The summed E-state index contributed by atoms with van der Waals surface area (Å²) in [6.45, 7) is 2.16. The van der Waals surface area contributed by atoms with E-state index in [4.69, 9.17) is 0 Å². The van der Waals surface area contributed by atoms with E-state index in [0.717, 1.165) is 17.7 Å². The van der Waals surface area contributed by atoms with Gasteiger partial charge in [-0.25, -0.2) is 12.8 Å². The molecular formula is C21H25FN4O4S. The van der Waals surface area contributed by atoms with Crippen molar-refractivity contribution in [2.24, 2.45) is 5.92 Å². The molecule has 0 saturated carbocycles. The number of rotatable bonds is 7. The molecule has 1 saturated heterocycles. The first-order valence-electron chi connectivity index (χ1n) is 10.00. The Morgan fingerprint density at radius 1 is 1.26 bits per heavy atom. The highest BCUT2D eigenvalue weighted by Gasteiger charge is 2.34. The summed E-state index contributed by atoms with van der Waals surface area (Å²) in [5.74, 6) is -1.81. The molecule has 2 N–H and O–H groups in total. The van der Waals surface area contributed by atoms with Crippen LogP contribution in [-0.2, 0) is 26.2 Å². The Hall–Kier alpha value is -2.85. The highest BCUT2D eigenvalue weighted by molar-refractivity contribution is 7.89. The lowest BCUT2D eigenvalue weighted by Crippen LogP contribution is -2.50. The molecule has 31 heavy (non-hydrogen) atoms. The van der Waals surface area contributed by atoms with Crippen LogP contribution in [0.5, 0.6) is 0 Å². The first-order chi connectivity index (χ1) is 14.8. The maximum absolute atomic E-state index is 13.1. The predicted molar refractivity (Wildman–Crippen MR) is 112 cm³/mol. The van der Waals surface area contributed by atoms with E-state index in [0.29, 0.717) is 19.4 Å². The van der Waals surface area contributed by atoms with Gasteiger partial charge in [-0.15, -0.1) is 0 Å². The molecule has 2 atom stereocenters. The van der Waals surface area contributed by atoms with Gasteiger partial charge in [-0.2, -0.15) is 4.31 Å². The van der Waals surface area contributed by atoms with E-state index in [1.165, 1.54) is 16.4 Å². The third-order valence-electron chi connectivity index (χ3n) is 5.15. The lowest BCUT2D eigenvalue weighted by Gasteiger charge is -2.31. The van der Waals surface area contributed by atoms with Gasteiger partial charge in [0.25, 0.3) is 0 Å². The molecule has 10 heteroatoms. The van der Waals surface area contributed by atoms with Gasteiger partial charge in [-0.3, -0.25) is 14.6 Å². The van der Waals surface area contributed by atoms with Crippen LogP contribution >= 0.6 is 0 Å². The molecule has 2 aromatic rings. The number of amides is 2. The SMILES string of the molecule is C[C@H](NC(=O)C1CCCN(S(=O)(=O)c2ccc(F)cc2)C1)C(=O)NCc1cccnc1. The number of hydrogen-bond acceptors (Lipinski definition) is 5. The van der Waals surface area contributed by atoms with Gasteiger partial charge >= 0.3 is 0 Å². The van der Waals surface area contributed by atoms with Gasteiger partial charge in [-0.1, -0.05) is 6.07 Å². The van der Waals surface area contributed by atoms with Crippen molar-refractivity contribution < 1.29 is 22.4 Å². The minimum absolute atomic E-state index is 0.00949. The molecule has 166 valence electrons. The summed E-state index contributed by atoms with van der Waals surface area (Å²) in [6, 6.07) is 7.43. The number of sulfonamides is 1. The molecule has 1 fully saturated rings. The number of pyridine rings is 1. The highest BCUT2D eigenvalue weighted by Crippen LogP contribution is 2.24. The first-order valence-corrected chi connectivity index (χ1v) is 11.4. The average molecular weight is 449 g/mol. The monoisotopic (exact) mass is 448 g/mol. The predicted octanol–water partition coefficient (Wildman–Crippen LogP) is 1.44. The standard InChI is InChI=1S/C21H25FN4O4S/c1-15(20(27)24-13-16-4-2-10-23-12-16)25-21(28)17-5-3-11-26(14-17)31(29,30)19-8-6-18(22)7-9-19/h2,4,6-10,12,15,17H,3,5,11,13-14H2,1H3,(H,24,27)(H,25,28)/t15-,17?/m0/s1. The lowest BCUT2D eigenvalue weighted by atomic mass is 9.98. The number of carbonyl (C=O) groups is 2. The quantitative estimate of drug-likeness (QED) is 0.666. The zero-order chi connectivity index (χ0) is 22.4. The molecule has 8 nitrogen and oxygen atoms in total. The molecule has 1 aromatic heterocycles. The van der Waals surface area contributed by atoms with Crippen molar-refractivity contribution in [3.05, 3.63) is 60.2 Å². The van der Waals surface area contributed by atoms with Gasteiger partial charge < -0.3 is 10.6 Å². The van der Waals surface area contributed by atoms with Crippen LogP contribution in [0.4, 0.5) is 4.39 Å². The first kappa shape index (κ1) is 22.8. The zero-order valence-electron chi connectivity index (χ0n) is 17.1. The van der Waals surface area contributed by atoms with Gasteiger partial charge in [0.15, 0.2) is 0 Å². The third kappa shape index (κ3) is 5.86. The summed E-state index contributed by atoms with van der Waals surface area (Å²) in [5, 5.41) is 5.40. The molecule has 1 aromatic carbocycles. The second-order valence-corrected chi connectivity index (χ2v) is 9.40. The van der Waals surface area contributed by atoms with E-state index in [2.05, 4.69) is 15.6 Å². The Morgan fingerprint density at radius 3 is 2.68 bits per heavy atom. The van der Waals surface area contributed by atoms with Crippen molar-refractivity contribution in [1.82, 2.24) is 19.9 Å². The molecule has 1 unspecified atom stereocenters. The smallest absolute Gasteiger partial charge is 0.243 e. The molecule has 0 radical (unpaired) electrons. The molecule has 0 spiro atoms. The van der Waals surface area contributed by atoms with Gasteiger partial charge in [0.1, 0.15) is 11.9 Å². The number of carbonyl (C=O) groups excluding carboxylic acids is 2. The van der Waals surface area contributed by atoms with E-state index in [1.807, 2.05) is 6.07 Å². The molecule has 0 aliphatic carbocycles. The van der Waals surface area contributed by atoms with Crippen LogP contribution in [0.2, 0.25) is 0 Å². The van der Waals surface area contributed by atoms with Crippen molar-refractivity contribution in [2.45, 2.75) is 37.2 Å². The van der Waals surface area contributed by atoms with Crippen LogP contribution in [0.25, 0.3) is 0 Å². The number of halogens is 1. The van der Waals surface area contributed by atoms with Crippen LogP contribution in [-0.4, -0.2) is 48.7 Å². The van der Waals surface area contributed by atoms with Crippen LogP contribution in [0.3, 0.4) is 0 Å². The second kappa shape index (κ2) is 9.97. The van der Waals surface area contributed by atoms with Crippen LogP contribution in [0.15, 0.2) is 53.7 Å². The third-order valence-corrected chi connectivity index (χ3v) is 7.03. The largest absolute Gasteiger partial charge is 0.350 e. The summed E-state index contributed by atoms with van der Waals surface area (Å²) in [4.78, 5) is 28.9. The molecule has 2 heterocycles. The van der Waals surface area contributed by atoms with Crippen molar-refractivity contribution in [3.63, 3.8) is 0 Å². The number of hydrogen-bond donors (Lipinski definition) is 2. The number of nitrogens with zero attached hydrogens (tertiary/aromatic N) is 2. The van der Waals surface area contributed by atoms with Crippen molar-refractivity contribution in [1.29, 1.82) is 0 Å². The van der Waals surface area contributed by atoms with Crippen LogP contribution in [0, 0.1) is 11.7 Å². The lowest BCUT2D eigenvalue weighted by molar-refractivity contribution is -0.131. The molecule has 2 amide bonds. The minimum atomic E-state index is -3.83. The Balaban J connectivity index is 1.56. The molecular weight excluding hydrogens is 423 g/mol. The van der Waals surface area contributed by atoms with E-state index >= 15 is 0 Å².